The van der Waals surface area contributed by atoms with Gasteiger partial charge in [0.25, 0.3) is 0 Å². The van der Waals surface area contributed by atoms with Crippen molar-refractivity contribution in [3.8, 4) is 11.4 Å². The van der Waals surface area contributed by atoms with Gasteiger partial charge in [0.2, 0.25) is 0 Å². The lowest BCUT2D eigenvalue weighted by molar-refractivity contribution is 0.0700. The first-order chi connectivity index (χ1) is 11.1. The minimum absolute atomic E-state index is 0.0516. The highest BCUT2D eigenvalue weighted by Crippen LogP contribution is 2.36. The molecule has 0 atom stereocenters. The summed E-state index contributed by atoms with van der Waals surface area (Å²) in [5, 5.41) is 13.6. The number of nitrogens with zero attached hydrogens (tertiary/aromatic N) is 5. The normalized spacial score (nSPS) is 10.3. The van der Waals surface area contributed by atoms with Gasteiger partial charge in [0.05, 0.1) is 28.2 Å². The Morgan fingerprint density at radius 2 is 2.13 bits per heavy atom. The van der Waals surface area contributed by atoms with E-state index in [2.05, 4.69) is 35.9 Å². The number of hydrogen-bond acceptors (Lipinski definition) is 4. The van der Waals surface area contributed by atoms with Gasteiger partial charge in [-0.25, -0.2) is 9.78 Å². The van der Waals surface area contributed by atoms with Crippen LogP contribution in [-0.2, 0) is 0 Å². The Labute approximate surface area is 138 Å². The summed E-state index contributed by atoms with van der Waals surface area (Å²) in [4.78, 5) is 23.1. The number of halogens is 1. The van der Waals surface area contributed by atoms with Crippen LogP contribution in [0.4, 0.5) is 5.69 Å². The number of carbonyl (C=O) groups is 1. The maximum atomic E-state index is 11.8. The lowest BCUT2D eigenvalue weighted by Crippen LogP contribution is -2.02. The van der Waals surface area contributed by atoms with Crippen LogP contribution in [0.2, 0.25) is 0 Å². The number of pyridine rings is 2. The maximum Gasteiger partial charge on any atom is 0.336 e. The van der Waals surface area contributed by atoms with E-state index in [0.717, 1.165) is 0 Å². The van der Waals surface area contributed by atoms with Crippen LogP contribution in [-0.4, -0.2) is 21.0 Å². The molecule has 0 aliphatic carbocycles. The first kappa shape index (κ1) is 15.0. The average Bonchev–Trinajstić information content (AvgIpc) is 2.55. The molecule has 0 fully saturated rings. The Balaban J connectivity index is 2.50. The number of fused-ring (bicyclic) bond motifs is 1. The Morgan fingerprint density at radius 1 is 1.30 bits per heavy atom. The number of aromatic carboxylic acids is 1. The molecule has 0 unspecified atom stereocenters. The molecule has 0 aliphatic rings. The van der Waals surface area contributed by atoms with Gasteiger partial charge in [-0.3, -0.25) is 4.98 Å². The van der Waals surface area contributed by atoms with E-state index in [4.69, 9.17) is 5.53 Å². The van der Waals surface area contributed by atoms with E-state index >= 15 is 0 Å². The van der Waals surface area contributed by atoms with Gasteiger partial charge in [0.15, 0.2) is 0 Å². The molecule has 1 N–H and O–H groups in total. The van der Waals surface area contributed by atoms with Crippen LogP contribution < -0.4 is 0 Å². The van der Waals surface area contributed by atoms with Crippen LogP contribution in [0.25, 0.3) is 32.7 Å². The number of aromatic nitrogens is 2. The third-order valence-electron chi connectivity index (χ3n) is 3.19. The molecule has 2 heterocycles. The first-order valence-corrected chi connectivity index (χ1v) is 7.24. The highest BCUT2D eigenvalue weighted by atomic mass is 79.9. The van der Waals surface area contributed by atoms with E-state index in [1.54, 1.807) is 42.6 Å². The summed E-state index contributed by atoms with van der Waals surface area (Å²) >= 11 is 3.31. The zero-order valence-corrected chi connectivity index (χ0v) is 13.1. The third-order valence-corrected chi connectivity index (χ3v) is 3.68. The number of benzene rings is 1. The van der Waals surface area contributed by atoms with Gasteiger partial charge in [0, 0.05) is 21.0 Å². The van der Waals surface area contributed by atoms with E-state index in [1.807, 2.05) is 0 Å². The monoisotopic (exact) mass is 369 g/mol. The van der Waals surface area contributed by atoms with Crippen LogP contribution in [0.5, 0.6) is 0 Å². The minimum Gasteiger partial charge on any atom is -0.478 e. The standard InChI is InChI=1S/C15H8BrN5O2/c16-8-4-5-10-9(7-8)12(15(22)23)14(20-21-17)13(19-10)11-3-1-2-6-18-11/h1-7H,(H,22,23). The molecule has 0 bridgehead atoms. The number of rotatable bonds is 3. The van der Waals surface area contributed by atoms with Crippen LogP contribution in [0.1, 0.15) is 10.4 Å². The fourth-order valence-corrected chi connectivity index (χ4v) is 2.63. The summed E-state index contributed by atoms with van der Waals surface area (Å²) in [6.07, 6.45) is 1.56. The van der Waals surface area contributed by atoms with Crippen LogP contribution >= 0.6 is 15.9 Å². The van der Waals surface area contributed by atoms with Gasteiger partial charge in [-0.2, -0.15) is 0 Å². The molecule has 0 spiro atoms. The van der Waals surface area contributed by atoms with E-state index < -0.39 is 5.97 Å². The molecule has 0 saturated carbocycles. The molecule has 112 valence electrons. The molecule has 3 aromatic rings. The zero-order chi connectivity index (χ0) is 16.4. The summed E-state index contributed by atoms with van der Waals surface area (Å²) in [6, 6.07) is 10.2. The highest BCUT2D eigenvalue weighted by Gasteiger charge is 2.21. The van der Waals surface area contributed by atoms with E-state index in [1.165, 1.54) is 0 Å². The molecular weight excluding hydrogens is 362 g/mol. The van der Waals surface area contributed by atoms with Gasteiger partial charge < -0.3 is 5.11 Å². The number of azide groups is 1. The minimum atomic E-state index is -1.20. The quantitative estimate of drug-likeness (QED) is 0.409. The lowest BCUT2D eigenvalue weighted by Gasteiger charge is -2.11. The van der Waals surface area contributed by atoms with E-state index in [-0.39, 0.29) is 16.9 Å². The van der Waals surface area contributed by atoms with Crippen molar-refractivity contribution in [1.82, 2.24) is 9.97 Å². The fourth-order valence-electron chi connectivity index (χ4n) is 2.27. The molecule has 7 nitrogen and oxygen atoms in total. The zero-order valence-electron chi connectivity index (χ0n) is 11.5. The summed E-state index contributed by atoms with van der Waals surface area (Å²) < 4.78 is 0.701. The van der Waals surface area contributed by atoms with Crippen molar-refractivity contribution in [3.63, 3.8) is 0 Å². The van der Waals surface area contributed by atoms with Crippen molar-refractivity contribution >= 4 is 38.5 Å². The fraction of sp³-hybridized carbons (Fsp3) is 0. The molecule has 3 rings (SSSR count). The van der Waals surface area contributed by atoms with Crippen molar-refractivity contribution in [1.29, 1.82) is 0 Å². The highest BCUT2D eigenvalue weighted by molar-refractivity contribution is 9.10. The van der Waals surface area contributed by atoms with Gasteiger partial charge in [0.1, 0.15) is 0 Å². The second-order valence-electron chi connectivity index (χ2n) is 4.56. The van der Waals surface area contributed by atoms with Crippen LogP contribution in [0.3, 0.4) is 0 Å². The Hall–Kier alpha value is -2.96. The Morgan fingerprint density at radius 3 is 2.78 bits per heavy atom. The number of hydrogen-bond donors (Lipinski definition) is 1. The molecule has 2 aromatic heterocycles. The SMILES string of the molecule is [N-]=[N+]=Nc1c(-c2ccccn2)nc2ccc(Br)cc2c1C(=O)O. The topological polar surface area (TPSA) is 112 Å². The summed E-state index contributed by atoms with van der Waals surface area (Å²) in [5.74, 6) is -1.20. The van der Waals surface area contributed by atoms with Crippen molar-refractivity contribution in [2.45, 2.75) is 0 Å². The summed E-state index contributed by atoms with van der Waals surface area (Å²) in [6.45, 7) is 0. The Bertz CT molecular complexity index is 969. The first-order valence-electron chi connectivity index (χ1n) is 6.45. The molecule has 0 amide bonds. The van der Waals surface area contributed by atoms with Gasteiger partial charge in [-0.05, 0) is 35.9 Å². The van der Waals surface area contributed by atoms with Gasteiger partial charge in [-0.1, -0.05) is 27.1 Å². The molecule has 1 aromatic carbocycles. The molecule has 23 heavy (non-hydrogen) atoms. The largest absolute Gasteiger partial charge is 0.478 e. The second-order valence-corrected chi connectivity index (χ2v) is 5.47. The van der Waals surface area contributed by atoms with Crippen molar-refractivity contribution in [2.24, 2.45) is 5.11 Å². The number of carboxylic acid groups (broad SMARTS) is 1. The van der Waals surface area contributed by atoms with E-state index in [9.17, 15) is 9.90 Å². The van der Waals surface area contributed by atoms with E-state index in [0.29, 0.717) is 21.1 Å². The molecule has 0 saturated heterocycles. The Kier molecular flexibility index (Phi) is 3.92. The predicted octanol–water partition coefficient (Wildman–Crippen LogP) is 4.70. The van der Waals surface area contributed by atoms with Crippen molar-refractivity contribution < 1.29 is 9.90 Å². The second kappa shape index (κ2) is 6.04. The average molecular weight is 370 g/mol. The number of carboxylic acids is 1. The summed E-state index contributed by atoms with van der Waals surface area (Å²) in [5.41, 5.74) is 9.82. The predicted molar refractivity (Wildman–Crippen MR) is 88.4 cm³/mol. The molecule has 0 radical (unpaired) electrons. The molecular formula is C15H8BrN5O2. The molecule has 0 aliphatic heterocycles. The van der Waals surface area contributed by atoms with Gasteiger partial charge in [-0.15, -0.1) is 0 Å². The molecule has 8 heteroatoms. The van der Waals surface area contributed by atoms with Crippen molar-refractivity contribution in [2.75, 3.05) is 0 Å². The van der Waals surface area contributed by atoms with Crippen molar-refractivity contribution in [3.05, 3.63) is 63.1 Å². The maximum absolute atomic E-state index is 11.8. The third kappa shape index (κ3) is 2.73. The lowest BCUT2D eigenvalue weighted by atomic mass is 10.0. The van der Waals surface area contributed by atoms with Gasteiger partial charge >= 0.3 is 5.97 Å². The van der Waals surface area contributed by atoms with Crippen LogP contribution in [0, 0.1) is 0 Å². The smallest absolute Gasteiger partial charge is 0.336 e. The summed E-state index contributed by atoms with van der Waals surface area (Å²) in [7, 11) is 0. The van der Waals surface area contributed by atoms with Crippen LogP contribution in [0.15, 0.2) is 52.2 Å².